The Morgan fingerprint density at radius 1 is 1.11 bits per heavy atom. The quantitative estimate of drug-likeness (QED) is 0.849. The van der Waals surface area contributed by atoms with Crippen molar-refractivity contribution in [1.82, 2.24) is 14.7 Å². The molecule has 2 heterocycles. The first kappa shape index (κ1) is 18.7. The molecule has 1 aromatic heterocycles. The van der Waals surface area contributed by atoms with Gasteiger partial charge in [-0.05, 0) is 24.8 Å². The average Bonchev–Trinajstić information content (AvgIpc) is 3.16. The van der Waals surface area contributed by atoms with E-state index < -0.39 is 17.1 Å². The van der Waals surface area contributed by atoms with Crippen LogP contribution in [0, 0.1) is 5.41 Å². The lowest BCUT2D eigenvalue weighted by atomic mass is 9.66. The predicted octanol–water partition coefficient (Wildman–Crippen LogP) is 2.59. The van der Waals surface area contributed by atoms with E-state index in [2.05, 4.69) is 5.10 Å². The Balaban J connectivity index is 1.62. The van der Waals surface area contributed by atoms with Crippen LogP contribution in [0.4, 0.5) is 4.79 Å². The Bertz CT molecular complexity index is 921. The molecule has 0 bridgehead atoms. The molecule has 1 saturated heterocycles. The molecule has 1 aliphatic carbocycles. The van der Waals surface area contributed by atoms with E-state index in [1.54, 1.807) is 12.3 Å². The minimum absolute atomic E-state index is 0.0916. The fraction of sp³-hybridized carbons (Fsp3) is 0.476. The van der Waals surface area contributed by atoms with Crippen LogP contribution < -0.4 is 5.56 Å². The summed E-state index contributed by atoms with van der Waals surface area (Å²) in [6, 6.07) is 11.1. The van der Waals surface area contributed by atoms with E-state index in [0.717, 1.165) is 36.8 Å². The summed E-state index contributed by atoms with van der Waals surface area (Å²) in [6.07, 6.45) is 4.47. The number of aliphatic hydroxyl groups is 1. The number of hydrogen-bond donors (Lipinski definition) is 2. The van der Waals surface area contributed by atoms with Gasteiger partial charge in [0.1, 0.15) is 0 Å². The molecule has 1 spiro atoms. The third-order valence-corrected chi connectivity index (χ3v) is 6.50. The van der Waals surface area contributed by atoms with E-state index in [1.807, 2.05) is 30.3 Å². The van der Waals surface area contributed by atoms with Gasteiger partial charge in [0.05, 0.1) is 18.3 Å². The molecule has 1 aliphatic heterocycles. The third-order valence-electron chi connectivity index (χ3n) is 6.50. The number of likely N-dealkylation sites (tertiary alicyclic amines) is 1. The van der Waals surface area contributed by atoms with Gasteiger partial charge in [-0.1, -0.05) is 43.2 Å². The summed E-state index contributed by atoms with van der Waals surface area (Å²) in [4.78, 5) is 25.6. The molecule has 2 N–H and O–H groups in total. The first-order valence-corrected chi connectivity index (χ1v) is 9.75. The maximum Gasteiger partial charge on any atom is 0.407 e. The van der Waals surface area contributed by atoms with Crippen LogP contribution in [-0.4, -0.2) is 49.7 Å². The number of benzene rings is 1. The molecule has 1 unspecified atom stereocenters. The molecular weight excluding hydrogens is 358 g/mol. The number of piperidine rings is 1. The van der Waals surface area contributed by atoms with Crippen LogP contribution in [-0.2, 0) is 6.54 Å². The number of aromatic nitrogens is 2. The zero-order valence-corrected chi connectivity index (χ0v) is 15.8. The lowest BCUT2D eigenvalue weighted by molar-refractivity contribution is -0.138. The van der Waals surface area contributed by atoms with Gasteiger partial charge in [0.2, 0.25) is 0 Å². The smallest absolute Gasteiger partial charge is 0.407 e. The monoisotopic (exact) mass is 383 g/mol. The number of hydrogen-bond acceptors (Lipinski definition) is 4. The van der Waals surface area contributed by atoms with Crippen molar-refractivity contribution in [3.05, 3.63) is 52.9 Å². The highest BCUT2D eigenvalue weighted by atomic mass is 16.4. The summed E-state index contributed by atoms with van der Waals surface area (Å²) in [5, 5.41) is 25.3. The van der Waals surface area contributed by atoms with Crippen molar-refractivity contribution < 1.29 is 15.0 Å². The molecule has 1 atom stereocenters. The third kappa shape index (κ3) is 3.20. The van der Waals surface area contributed by atoms with Crippen molar-refractivity contribution in [1.29, 1.82) is 0 Å². The standard InChI is InChI=1S/C21H25N3O4/c25-18-12-17(16-6-2-1-3-7-16)13-22-24(18)15-21(28)10-11-23(19(26)27)14-20(21)8-4-5-9-20/h1-3,6-7,12-13,28H,4-5,8-11,14-15H2,(H,26,27). The number of nitrogens with zero attached hydrogens (tertiary/aromatic N) is 3. The summed E-state index contributed by atoms with van der Waals surface area (Å²) >= 11 is 0. The maximum atomic E-state index is 12.7. The van der Waals surface area contributed by atoms with Crippen molar-refractivity contribution in [3.63, 3.8) is 0 Å². The van der Waals surface area contributed by atoms with E-state index in [-0.39, 0.29) is 18.6 Å². The van der Waals surface area contributed by atoms with E-state index in [9.17, 15) is 19.8 Å². The molecule has 1 aromatic carbocycles. The first-order chi connectivity index (χ1) is 13.4. The van der Waals surface area contributed by atoms with Gasteiger partial charge in [-0.15, -0.1) is 0 Å². The SMILES string of the molecule is O=C(O)N1CCC(O)(Cn2ncc(-c3ccccc3)cc2=O)C2(CCCC2)C1. The molecule has 1 amide bonds. The van der Waals surface area contributed by atoms with Gasteiger partial charge in [0.15, 0.2) is 0 Å². The molecule has 7 heteroatoms. The Morgan fingerprint density at radius 2 is 1.82 bits per heavy atom. The van der Waals surface area contributed by atoms with Crippen LogP contribution in [0.2, 0.25) is 0 Å². The number of amides is 1. The van der Waals surface area contributed by atoms with Crippen LogP contribution in [0.1, 0.15) is 32.1 Å². The molecule has 1 saturated carbocycles. The van der Waals surface area contributed by atoms with Crippen molar-refractivity contribution >= 4 is 6.09 Å². The first-order valence-electron chi connectivity index (χ1n) is 9.75. The summed E-state index contributed by atoms with van der Waals surface area (Å²) < 4.78 is 1.32. The summed E-state index contributed by atoms with van der Waals surface area (Å²) in [7, 11) is 0. The molecule has 4 rings (SSSR count). The largest absolute Gasteiger partial charge is 0.465 e. The fourth-order valence-corrected chi connectivity index (χ4v) is 4.85. The van der Waals surface area contributed by atoms with Gasteiger partial charge in [-0.25, -0.2) is 9.48 Å². The Kier molecular flexibility index (Phi) is 4.71. The van der Waals surface area contributed by atoms with E-state index >= 15 is 0 Å². The topological polar surface area (TPSA) is 95.7 Å². The molecule has 7 nitrogen and oxygen atoms in total. The van der Waals surface area contributed by atoms with Crippen LogP contribution in [0.3, 0.4) is 0 Å². The second kappa shape index (κ2) is 7.05. The van der Waals surface area contributed by atoms with Gasteiger partial charge in [0.25, 0.3) is 5.56 Å². The highest BCUT2D eigenvalue weighted by Gasteiger charge is 2.55. The number of carbonyl (C=O) groups is 1. The van der Waals surface area contributed by atoms with Crippen molar-refractivity contribution in [3.8, 4) is 11.1 Å². The minimum Gasteiger partial charge on any atom is -0.465 e. The molecule has 0 radical (unpaired) electrons. The van der Waals surface area contributed by atoms with Crippen molar-refractivity contribution in [2.75, 3.05) is 13.1 Å². The van der Waals surface area contributed by atoms with E-state index in [1.165, 1.54) is 9.58 Å². The normalized spacial score (nSPS) is 23.8. The second-order valence-corrected chi connectivity index (χ2v) is 8.08. The van der Waals surface area contributed by atoms with Gasteiger partial charge in [-0.3, -0.25) is 4.79 Å². The lowest BCUT2D eigenvalue weighted by Crippen LogP contribution is -2.62. The van der Waals surface area contributed by atoms with Gasteiger partial charge < -0.3 is 15.1 Å². The van der Waals surface area contributed by atoms with Crippen LogP contribution >= 0.6 is 0 Å². The summed E-state index contributed by atoms with van der Waals surface area (Å²) in [6.45, 7) is 0.675. The van der Waals surface area contributed by atoms with Gasteiger partial charge in [-0.2, -0.15) is 5.10 Å². The summed E-state index contributed by atoms with van der Waals surface area (Å²) in [5.74, 6) is 0. The van der Waals surface area contributed by atoms with E-state index in [4.69, 9.17) is 0 Å². The van der Waals surface area contributed by atoms with E-state index in [0.29, 0.717) is 13.0 Å². The van der Waals surface area contributed by atoms with Gasteiger partial charge in [0, 0.05) is 30.1 Å². The maximum absolute atomic E-state index is 12.7. The Morgan fingerprint density at radius 3 is 2.46 bits per heavy atom. The van der Waals surface area contributed by atoms with Gasteiger partial charge >= 0.3 is 6.09 Å². The molecule has 2 fully saturated rings. The predicted molar refractivity (Wildman–Crippen MR) is 104 cm³/mol. The molecule has 28 heavy (non-hydrogen) atoms. The highest BCUT2D eigenvalue weighted by molar-refractivity contribution is 5.65. The Labute approximate surface area is 163 Å². The molecule has 2 aromatic rings. The van der Waals surface area contributed by atoms with Crippen molar-refractivity contribution in [2.24, 2.45) is 5.41 Å². The highest BCUT2D eigenvalue weighted by Crippen LogP contribution is 2.51. The van der Waals surface area contributed by atoms with Crippen molar-refractivity contribution in [2.45, 2.75) is 44.2 Å². The average molecular weight is 383 g/mol. The molecule has 148 valence electrons. The zero-order valence-electron chi connectivity index (χ0n) is 15.8. The lowest BCUT2D eigenvalue weighted by Gasteiger charge is -2.51. The fourth-order valence-electron chi connectivity index (χ4n) is 4.85. The van der Waals surface area contributed by atoms with Crippen LogP contribution in [0.5, 0.6) is 0 Å². The van der Waals surface area contributed by atoms with Crippen LogP contribution in [0.15, 0.2) is 47.4 Å². The zero-order chi connectivity index (χ0) is 19.8. The minimum atomic E-state index is -1.14. The number of carboxylic acid groups (broad SMARTS) is 1. The molecular formula is C21H25N3O4. The number of rotatable bonds is 3. The second-order valence-electron chi connectivity index (χ2n) is 8.08. The Hall–Kier alpha value is -2.67. The van der Waals surface area contributed by atoms with Crippen LogP contribution in [0.25, 0.3) is 11.1 Å². The summed E-state index contributed by atoms with van der Waals surface area (Å²) in [5.41, 5.74) is -0.252. The molecule has 2 aliphatic rings.